The second kappa shape index (κ2) is 7.99. The summed E-state index contributed by atoms with van der Waals surface area (Å²) in [4.78, 5) is 12.3. The van der Waals surface area contributed by atoms with Crippen molar-refractivity contribution in [2.24, 2.45) is 0 Å². The Bertz CT molecular complexity index is 631. The Balaban J connectivity index is 0.00000192. The number of ether oxygens (including phenoxy) is 1. The number of nitrogen functional groups attached to an aromatic ring is 1. The van der Waals surface area contributed by atoms with Crippen LogP contribution in [0.2, 0.25) is 0 Å². The molecule has 3 rings (SSSR count). The van der Waals surface area contributed by atoms with Crippen LogP contribution < -0.4 is 11.1 Å². The summed E-state index contributed by atoms with van der Waals surface area (Å²) < 4.78 is 5.74. The molecule has 1 saturated heterocycles. The number of benzene rings is 2. The highest BCUT2D eigenvalue weighted by Crippen LogP contribution is 2.28. The molecule has 1 fully saturated rings. The van der Waals surface area contributed by atoms with Crippen LogP contribution >= 0.6 is 12.4 Å². The molecule has 5 heteroatoms. The minimum absolute atomic E-state index is 0. The van der Waals surface area contributed by atoms with Crippen molar-refractivity contribution in [2.75, 3.05) is 18.8 Å². The van der Waals surface area contributed by atoms with Crippen molar-refractivity contribution in [3.8, 4) is 0 Å². The minimum atomic E-state index is -0.297. The van der Waals surface area contributed by atoms with E-state index in [4.69, 9.17) is 10.5 Å². The van der Waals surface area contributed by atoms with Crippen molar-refractivity contribution < 1.29 is 9.53 Å². The highest BCUT2D eigenvalue weighted by Gasteiger charge is 2.29. The number of nitrogens with one attached hydrogen (secondary N) is 1. The van der Waals surface area contributed by atoms with Gasteiger partial charge in [-0.25, -0.2) is 4.79 Å². The molecule has 0 amide bonds. The topological polar surface area (TPSA) is 64.4 Å². The smallest absolute Gasteiger partial charge is 0.338 e. The summed E-state index contributed by atoms with van der Waals surface area (Å²) in [6.07, 6.45) is 0.810. The Hall–Kier alpha value is -2.04. The Morgan fingerprint density at radius 1 is 1.09 bits per heavy atom. The van der Waals surface area contributed by atoms with Crippen LogP contribution in [0, 0.1) is 0 Å². The van der Waals surface area contributed by atoms with Gasteiger partial charge in [-0.2, -0.15) is 0 Å². The van der Waals surface area contributed by atoms with Crippen LogP contribution in [-0.4, -0.2) is 25.2 Å². The zero-order chi connectivity index (χ0) is 15.4. The van der Waals surface area contributed by atoms with Crippen LogP contribution in [0.4, 0.5) is 5.69 Å². The van der Waals surface area contributed by atoms with Gasteiger partial charge in [0.25, 0.3) is 0 Å². The number of piperidine rings is 1. The summed E-state index contributed by atoms with van der Waals surface area (Å²) in [5.74, 6) is -0.0604. The van der Waals surface area contributed by atoms with E-state index in [0.29, 0.717) is 17.8 Å². The van der Waals surface area contributed by atoms with E-state index in [2.05, 4.69) is 17.4 Å². The Morgan fingerprint density at radius 2 is 1.78 bits per heavy atom. The zero-order valence-electron chi connectivity index (χ0n) is 12.8. The van der Waals surface area contributed by atoms with Gasteiger partial charge in [0.05, 0.1) is 5.56 Å². The standard InChI is InChI=1S/C18H20N2O2.ClH/c19-15-8-6-14(7-9-15)18(21)22-17-12-20-11-10-16(17)13-4-2-1-3-5-13;/h1-9,16-17,20H,10-12,19H2;1H/t16-,17+;/m1./s1. The third-order valence-corrected chi connectivity index (χ3v) is 4.06. The molecule has 0 bridgehead atoms. The molecule has 2 atom stereocenters. The van der Waals surface area contributed by atoms with E-state index >= 15 is 0 Å². The number of carbonyl (C=O) groups is 1. The minimum Gasteiger partial charge on any atom is -0.457 e. The molecule has 1 heterocycles. The lowest BCUT2D eigenvalue weighted by Gasteiger charge is -2.32. The normalized spacial score (nSPS) is 20.3. The predicted octanol–water partition coefficient (Wildman–Crippen LogP) is 2.99. The number of hydrogen-bond acceptors (Lipinski definition) is 4. The number of anilines is 1. The summed E-state index contributed by atoms with van der Waals surface area (Å²) in [7, 11) is 0. The van der Waals surface area contributed by atoms with E-state index in [1.165, 1.54) is 5.56 Å². The van der Waals surface area contributed by atoms with E-state index in [0.717, 1.165) is 13.0 Å². The van der Waals surface area contributed by atoms with Gasteiger partial charge >= 0.3 is 5.97 Å². The molecule has 0 aliphatic carbocycles. The van der Waals surface area contributed by atoms with Gasteiger partial charge in [-0.1, -0.05) is 30.3 Å². The van der Waals surface area contributed by atoms with E-state index in [1.54, 1.807) is 24.3 Å². The summed E-state index contributed by atoms with van der Waals surface area (Å²) >= 11 is 0. The van der Waals surface area contributed by atoms with Crippen molar-refractivity contribution >= 4 is 24.1 Å². The van der Waals surface area contributed by atoms with E-state index in [9.17, 15) is 4.79 Å². The number of esters is 1. The maximum atomic E-state index is 12.3. The first-order chi connectivity index (χ1) is 10.7. The lowest BCUT2D eigenvalue weighted by molar-refractivity contribution is 0.0182. The van der Waals surface area contributed by atoms with Crippen LogP contribution in [0.1, 0.15) is 28.3 Å². The monoisotopic (exact) mass is 332 g/mol. The second-order valence-corrected chi connectivity index (χ2v) is 5.58. The Kier molecular flexibility index (Phi) is 6.02. The quantitative estimate of drug-likeness (QED) is 0.670. The van der Waals surface area contributed by atoms with Crippen molar-refractivity contribution in [2.45, 2.75) is 18.4 Å². The highest BCUT2D eigenvalue weighted by molar-refractivity contribution is 5.89. The fraction of sp³-hybridized carbons (Fsp3) is 0.278. The maximum absolute atomic E-state index is 12.3. The van der Waals surface area contributed by atoms with Crippen molar-refractivity contribution in [3.05, 3.63) is 65.7 Å². The molecule has 0 radical (unpaired) electrons. The summed E-state index contributed by atoms with van der Waals surface area (Å²) in [5, 5.41) is 3.30. The van der Waals surface area contributed by atoms with Crippen LogP contribution in [0.25, 0.3) is 0 Å². The molecule has 2 aromatic rings. The Morgan fingerprint density at radius 3 is 2.48 bits per heavy atom. The lowest BCUT2D eigenvalue weighted by Crippen LogP contribution is -2.42. The fourth-order valence-corrected chi connectivity index (χ4v) is 2.86. The molecular formula is C18H21ClN2O2. The molecule has 1 aliphatic heterocycles. The lowest BCUT2D eigenvalue weighted by atomic mass is 9.88. The number of halogens is 1. The molecule has 0 aromatic heterocycles. The third-order valence-electron chi connectivity index (χ3n) is 4.06. The molecule has 4 nitrogen and oxygen atoms in total. The van der Waals surface area contributed by atoms with Gasteiger partial charge in [-0.15, -0.1) is 12.4 Å². The first kappa shape index (κ1) is 17.3. The van der Waals surface area contributed by atoms with Crippen LogP contribution in [0.15, 0.2) is 54.6 Å². The predicted molar refractivity (Wildman–Crippen MR) is 94.0 cm³/mol. The Labute approximate surface area is 142 Å². The summed E-state index contributed by atoms with van der Waals surface area (Å²) in [6, 6.07) is 17.1. The van der Waals surface area contributed by atoms with Crippen LogP contribution in [-0.2, 0) is 4.74 Å². The number of rotatable bonds is 3. The van der Waals surface area contributed by atoms with E-state index in [-0.39, 0.29) is 30.4 Å². The SMILES string of the molecule is Cl.Nc1ccc(C(=O)O[C@H]2CNCC[C@@H]2c2ccccc2)cc1. The van der Waals surface area contributed by atoms with Crippen molar-refractivity contribution in [3.63, 3.8) is 0 Å². The maximum Gasteiger partial charge on any atom is 0.338 e. The van der Waals surface area contributed by atoms with E-state index < -0.39 is 0 Å². The fourth-order valence-electron chi connectivity index (χ4n) is 2.86. The van der Waals surface area contributed by atoms with E-state index in [1.807, 2.05) is 18.2 Å². The number of nitrogens with two attached hydrogens (primary N) is 1. The van der Waals surface area contributed by atoms with Gasteiger partial charge in [-0.3, -0.25) is 0 Å². The average Bonchev–Trinajstić information content (AvgIpc) is 2.57. The molecular weight excluding hydrogens is 312 g/mol. The van der Waals surface area contributed by atoms with Gasteiger partial charge in [0, 0.05) is 18.2 Å². The first-order valence-electron chi connectivity index (χ1n) is 7.56. The average molecular weight is 333 g/mol. The summed E-state index contributed by atoms with van der Waals surface area (Å²) in [5.41, 5.74) is 8.04. The third kappa shape index (κ3) is 4.24. The van der Waals surface area contributed by atoms with Gasteiger partial charge in [0.2, 0.25) is 0 Å². The van der Waals surface area contributed by atoms with Crippen LogP contribution in [0.5, 0.6) is 0 Å². The molecule has 3 N–H and O–H groups in total. The van der Waals surface area contributed by atoms with Crippen molar-refractivity contribution in [1.82, 2.24) is 5.32 Å². The summed E-state index contributed by atoms with van der Waals surface area (Å²) in [6.45, 7) is 1.62. The van der Waals surface area contributed by atoms with Gasteiger partial charge in [0.1, 0.15) is 6.10 Å². The van der Waals surface area contributed by atoms with Gasteiger partial charge < -0.3 is 15.8 Å². The largest absolute Gasteiger partial charge is 0.457 e. The number of carbonyl (C=O) groups excluding carboxylic acids is 1. The molecule has 0 spiro atoms. The van der Waals surface area contributed by atoms with Gasteiger partial charge in [0.15, 0.2) is 0 Å². The molecule has 1 aliphatic rings. The number of hydrogen-bond donors (Lipinski definition) is 2. The highest BCUT2D eigenvalue weighted by atomic mass is 35.5. The van der Waals surface area contributed by atoms with Gasteiger partial charge in [-0.05, 0) is 42.8 Å². The first-order valence-corrected chi connectivity index (χ1v) is 7.56. The molecule has 23 heavy (non-hydrogen) atoms. The second-order valence-electron chi connectivity index (χ2n) is 5.58. The molecule has 2 aromatic carbocycles. The molecule has 0 unspecified atom stereocenters. The molecule has 122 valence electrons. The van der Waals surface area contributed by atoms with Crippen LogP contribution in [0.3, 0.4) is 0 Å². The zero-order valence-corrected chi connectivity index (χ0v) is 13.6. The van der Waals surface area contributed by atoms with Crippen molar-refractivity contribution in [1.29, 1.82) is 0 Å². The molecule has 0 saturated carbocycles.